The molecule has 0 heterocycles. The molecule has 0 N–H and O–H groups in total. The third kappa shape index (κ3) is 4.62. The molecule has 0 aliphatic rings. The Morgan fingerprint density at radius 1 is 1.29 bits per heavy atom. The standard InChI is InChI=1S/C14H11N3/c1-2-3-8-13-9-4-5-10-14(13)11-6-7-12-16-17-15/h2,4-5,9-10H,1,7,12H2. The molecule has 0 saturated heterocycles. The molecule has 0 fully saturated rings. The zero-order chi connectivity index (χ0) is 12.3. The van der Waals surface area contributed by atoms with Gasteiger partial charge in [-0.05, 0) is 23.7 Å². The first kappa shape index (κ1) is 12.5. The van der Waals surface area contributed by atoms with Gasteiger partial charge < -0.3 is 0 Å². The molecule has 0 amide bonds. The molecule has 0 unspecified atom stereocenters. The van der Waals surface area contributed by atoms with E-state index in [0.717, 1.165) is 11.1 Å². The SMILES string of the molecule is C=CC#Cc1ccccc1C#CCCN=[N+]=[N-]. The maximum absolute atomic E-state index is 8.11. The van der Waals surface area contributed by atoms with Crippen LogP contribution < -0.4 is 0 Å². The van der Waals surface area contributed by atoms with Crippen molar-refractivity contribution < 1.29 is 0 Å². The van der Waals surface area contributed by atoms with Crippen molar-refractivity contribution >= 4 is 0 Å². The van der Waals surface area contributed by atoms with E-state index in [9.17, 15) is 0 Å². The first-order valence-electron chi connectivity index (χ1n) is 5.09. The van der Waals surface area contributed by atoms with Crippen LogP contribution in [0.3, 0.4) is 0 Å². The van der Waals surface area contributed by atoms with Gasteiger partial charge in [-0.2, -0.15) is 0 Å². The van der Waals surface area contributed by atoms with E-state index >= 15 is 0 Å². The fourth-order valence-electron chi connectivity index (χ4n) is 1.14. The Morgan fingerprint density at radius 2 is 2.00 bits per heavy atom. The third-order valence-corrected chi connectivity index (χ3v) is 1.86. The molecule has 0 bridgehead atoms. The van der Waals surface area contributed by atoms with Gasteiger partial charge >= 0.3 is 0 Å². The van der Waals surface area contributed by atoms with Crippen LogP contribution in [0.15, 0.2) is 42.0 Å². The maximum Gasteiger partial charge on any atom is 0.0405 e. The summed E-state index contributed by atoms with van der Waals surface area (Å²) in [5.41, 5.74) is 9.86. The van der Waals surface area contributed by atoms with E-state index in [1.165, 1.54) is 0 Å². The van der Waals surface area contributed by atoms with Gasteiger partial charge in [0.2, 0.25) is 0 Å². The average Bonchev–Trinajstić information content (AvgIpc) is 2.37. The molecule has 0 atom stereocenters. The Bertz CT molecular complexity index is 558. The van der Waals surface area contributed by atoms with Gasteiger partial charge in [-0.1, -0.05) is 47.5 Å². The summed E-state index contributed by atoms with van der Waals surface area (Å²) in [5.74, 6) is 11.7. The maximum atomic E-state index is 8.11. The van der Waals surface area contributed by atoms with E-state index in [4.69, 9.17) is 5.53 Å². The van der Waals surface area contributed by atoms with Crippen molar-refractivity contribution in [3.05, 3.63) is 58.5 Å². The average molecular weight is 221 g/mol. The van der Waals surface area contributed by atoms with Crippen LogP contribution >= 0.6 is 0 Å². The summed E-state index contributed by atoms with van der Waals surface area (Å²) in [6, 6.07) is 7.65. The van der Waals surface area contributed by atoms with Crippen LogP contribution in [-0.2, 0) is 0 Å². The monoisotopic (exact) mass is 221 g/mol. The van der Waals surface area contributed by atoms with Gasteiger partial charge in [0.25, 0.3) is 0 Å². The lowest BCUT2D eigenvalue weighted by Crippen LogP contribution is -1.82. The van der Waals surface area contributed by atoms with Crippen molar-refractivity contribution in [1.82, 2.24) is 0 Å². The Labute approximate surface area is 101 Å². The molecule has 0 radical (unpaired) electrons. The molecule has 3 heteroatoms. The van der Waals surface area contributed by atoms with Gasteiger partial charge in [0.1, 0.15) is 0 Å². The lowest BCUT2D eigenvalue weighted by molar-refractivity contribution is 1.01. The third-order valence-electron chi connectivity index (χ3n) is 1.86. The first-order valence-corrected chi connectivity index (χ1v) is 5.09. The minimum absolute atomic E-state index is 0.393. The summed E-state index contributed by atoms with van der Waals surface area (Å²) >= 11 is 0. The van der Waals surface area contributed by atoms with E-state index in [2.05, 4.69) is 40.3 Å². The number of rotatable bonds is 2. The van der Waals surface area contributed by atoms with Gasteiger partial charge in [-0.3, -0.25) is 0 Å². The Morgan fingerprint density at radius 3 is 2.65 bits per heavy atom. The normalized spacial score (nSPS) is 7.76. The van der Waals surface area contributed by atoms with Crippen molar-refractivity contribution in [2.75, 3.05) is 6.54 Å². The summed E-state index contributed by atoms with van der Waals surface area (Å²) in [5, 5.41) is 3.41. The van der Waals surface area contributed by atoms with Crippen LogP contribution in [0.4, 0.5) is 0 Å². The van der Waals surface area contributed by atoms with Crippen LogP contribution in [0.5, 0.6) is 0 Å². The van der Waals surface area contributed by atoms with Crippen molar-refractivity contribution in [1.29, 1.82) is 0 Å². The molecule has 1 rings (SSSR count). The van der Waals surface area contributed by atoms with E-state index in [1.54, 1.807) is 6.08 Å². The van der Waals surface area contributed by atoms with E-state index in [-0.39, 0.29) is 0 Å². The van der Waals surface area contributed by atoms with Gasteiger partial charge in [0, 0.05) is 29.0 Å². The summed E-state index contributed by atoms with van der Waals surface area (Å²) in [6.07, 6.45) is 2.10. The summed E-state index contributed by atoms with van der Waals surface area (Å²) < 4.78 is 0. The summed E-state index contributed by atoms with van der Waals surface area (Å²) in [7, 11) is 0. The number of hydrogen-bond donors (Lipinski definition) is 0. The van der Waals surface area contributed by atoms with Crippen LogP contribution in [0.25, 0.3) is 10.4 Å². The topological polar surface area (TPSA) is 48.8 Å². The zero-order valence-electron chi connectivity index (χ0n) is 9.35. The molecule has 82 valence electrons. The lowest BCUT2D eigenvalue weighted by atomic mass is 10.1. The van der Waals surface area contributed by atoms with E-state index < -0.39 is 0 Å². The molecular formula is C14H11N3. The molecule has 0 aliphatic heterocycles. The molecule has 0 saturated carbocycles. The summed E-state index contributed by atoms with van der Waals surface area (Å²) in [6.45, 7) is 3.94. The first-order chi connectivity index (χ1) is 8.38. The van der Waals surface area contributed by atoms with Crippen LogP contribution in [0.1, 0.15) is 17.5 Å². The Hall–Kier alpha value is -2.61. The highest BCUT2D eigenvalue weighted by Crippen LogP contribution is 2.05. The minimum Gasteiger partial charge on any atom is -0.0977 e. The number of benzene rings is 1. The smallest absolute Gasteiger partial charge is 0.0405 e. The minimum atomic E-state index is 0.393. The number of azide groups is 1. The second kappa shape index (κ2) is 7.65. The summed E-state index contributed by atoms with van der Waals surface area (Å²) in [4.78, 5) is 2.66. The van der Waals surface area contributed by atoms with Crippen molar-refractivity contribution in [3.63, 3.8) is 0 Å². The molecule has 3 nitrogen and oxygen atoms in total. The van der Waals surface area contributed by atoms with Crippen LogP contribution in [0, 0.1) is 23.7 Å². The fraction of sp³-hybridized carbons (Fsp3) is 0.143. The molecular weight excluding hydrogens is 210 g/mol. The highest BCUT2D eigenvalue weighted by molar-refractivity contribution is 5.50. The van der Waals surface area contributed by atoms with Gasteiger partial charge in [-0.15, -0.1) is 0 Å². The van der Waals surface area contributed by atoms with Crippen molar-refractivity contribution in [2.24, 2.45) is 5.11 Å². The molecule has 17 heavy (non-hydrogen) atoms. The molecule has 1 aromatic rings. The molecule has 0 aliphatic carbocycles. The van der Waals surface area contributed by atoms with E-state index in [1.807, 2.05) is 24.3 Å². The Kier molecular flexibility index (Phi) is 5.61. The number of hydrogen-bond acceptors (Lipinski definition) is 1. The molecule has 0 aromatic heterocycles. The van der Waals surface area contributed by atoms with E-state index in [0.29, 0.717) is 13.0 Å². The fourth-order valence-corrected chi connectivity index (χ4v) is 1.14. The predicted octanol–water partition coefficient (Wildman–Crippen LogP) is 3.28. The second-order valence-corrected chi connectivity index (χ2v) is 3.03. The quantitative estimate of drug-likeness (QED) is 0.242. The van der Waals surface area contributed by atoms with Gasteiger partial charge in [-0.25, -0.2) is 0 Å². The van der Waals surface area contributed by atoms with Crippen molar-refractivity contribution in [3.8, 4) is 23.7 Å². The molecule has 1 aromatic carbocycles. The molecule has 0 spiro atoms. The number of allylic oxidation sites excluding steroid dienone is 1. The largest absolute Gasteiger partial charge is 0.0977 e. The highest BCUT2D eigenvalue weighted by atomic mass is 15.1. The number of nitrogens with zero attached hydrogens (tertiary/aromatic N) is 3. The predicted molar refractivity (Wildman–Crippen MR) is 69.0 cm³/mol. The lowest BCUT2D eigenvalue weighted by Gasteiger charge is -1.94. The van der Waals surface area contributed by atoms with Gasteiger partial charge in [0.05, 0.1) is 0 Å². The Balaban J connectivity index is 2.82. The highest BCUT2D eigenvalue weighted by Gasteiger charge is 1.93. The van der Waals surface area contributed by atoms with Gasteiger partial charge in [0.15, 0.2) is 0 Å². The second-order valence-electron chi connectivity index (χ2n) is 3.03. The zero-order valence-corrected chi connectivity index (χ0v) is 9.35. The van der Waals surface area contributed by atoms with Crippen LogP contribution in [0.2, 0.25) is 0 Å². The van der Waals surface area contributed by atoms with Crippen LogP contribution in [-0.4, -0.2) is 6.54 Å². The van der Waals surface area contributed by atoms with Crippen molar-refractivity contribution in [2.45, 2.75) is 6.42 Å².